The van der Waals surface area contributed by atoms with Gasteiger partial charge in [-0.15, -0.1) is 0 Å². The first-order valence-electron chi connectivity index (χ1n) is 6.61. The van der Waals surface area contributed by atoms with Crippen molar-refractivity contribution >= 4 is 11.9 Å². The van der Waals surface area contributed by atoms with Crippen molar-refractivity contribution in [1.29, 1.82) is 0 Å². The molecule has 2 rings (SSSR count). The van der Waals surface area contributed by atoms with Crippen molar-refractivity contribution in [3.05, 3.63) is 35.4 Å². The number of amides is 1. The zero-order chi connectivity index (χ0) is 14.0. The summed E-state index contributed by atoms with van der Waals surface area (Å²) in [6.07, 6.45) is 1.64. The number of aryl methyl sites for hydroxylation is 1. The molecular formula is C15H19NO3. The highest BCUT2D eigenvalue weighted by molar-refractivity contribution is 5.89. The van der Waals surface area contributed by atoms with E-state index in [2.05, 4.69) is 5.32 Å². The second-order valence-electron chi connectivity index (χ2n) is 5.36. The van der Waals surface area contributed by atoms with Crippen molar-refractivity contribution in [2.45, 2.75) is 38.6 Å². The first kappa shape index (κ1) is 13.6. The van der Waals surface area contributed by atoms with Crippen molar-refractivity contribution in [3.8, 4) is 0 Å². The zero-order valence-corrected chi connectivity index (χ0v) is 11.2. The number of carboxylic acid groups (broad SMARTS) is 1. The molecule has 0 fully saturated rings. The first-order valence-corrected chi connectivity index (χ1v) is 6.61. The van der Waals surface area contributed by atoms with Crippen LogP contribution in [0.5, 0.6) is 0 Å². The van der Waals surface area contributed by atoms with Crippen LogP contribution in [-0.4, -0.2) is 23.0 Å². The highest BCUT2D eigenvalue weighted by Gasteiger charge is 2.31. The summed E-state index contributed by atoms with van der Waals surface area (Å²) < 4.78 is 0. The minimum atomic E-state index is -0.977. The molecule has 0 bridgehead atoms. The van der Waals surface area contributed by atoms with Crippen LogP contribution in [0.4, 0.5) is 0 Å². The van der Waals surface area contributed by atoms with Crippen LogP contribution in [0.3, 0.4) is 0 Å². The lowest BCUT2D eigenvalue weighted by molar-refractivity contribution is -0.143. The van der Waals surface area contributed by atoms with E-state index in [9.17, 15) is 9.59 Å². The van der Waals surface area contributed by atoms with E-state index in [1.54, 1.807) is 13.8 Å². The predicted molar refractivity (Wildman–Crippen MR) is 71.9 cm³/mol. The summed E-state index contributed by atoms with van der Waals surface area (Å²) in [7, 11) is 0. The number of aliphatic carboxylic acids is 1. The number of rotatable bonds is 4. The Kier molecular flexibility index (Phi) is 3.88. The molecule has 0 radical (unpaired) electrons. The molecule has 1 aromatic carbocycles. The Morgan fingerprint density at radius 2 is 2.00 bits per heavy atom. The fraction of sp³-hybridized carbons (Fsp3) is 0.467. The zero-order valence-electron chi connectivity index (χ0n) is 11.2. The molecule has 2 N–H and O–H groups in total. The molecule has 0 heterocycles. The van der Waals surface area contributed by atoms with Gasteiger partial charge in [-0.2, -0.15) is 0 Å². The topological polar surface area (TPSA) is 66.4 Å². The van der Waals surface area contributed by atoms with Crippen LogP contribution in [0.2, 0.25) is 0 Å². The molecule has 1 aliphatic carbocycles. The fourth-order valence-corrected chi connectivity index (χ4v) is 2.60. The summed E-state index contributed by atoms with van der Waals surface area (Å²) in [4.78, 5) is 23.4. The number of carbonyl (C=O) groups excluding carboxylic acids is 1. The quantitative estimate of drug-likeness (QED) is 0.870. The van der Waals surface area contributed by atoms with Crippen molar-refractivity contribution < 1.29 is 14.7 Å². The predicted octanol–water partition coefficient (Wildman–Crippen LogP) is 1.94. The Hall–Kier alpha value is -1.84. The second-order valence-corrected chi connectivity index (χ2v) is 5.36. The Bertz CT molecular complexity index is 496. The van der Waals surface area contributed by atoms with Crippen LogP contribution in [0.25, 0.3) is 0 Å². The Morgan fingerprint density at radius 1 is 1.32 bits per heavy atom. The van der Waals surface area contributed by atoms with Gasteiger partial charge in [0.25, 0.3) is 0 Å². The molecule has 0 saturated heterocycles. The third kappa shape index (κ3) is 2.78. The van der Waals surface area contributed by atoms with Gasteiger partial charge in [-0.25, -0.2) is 4.79 Å². The third-order valence-corrected chi connectivity index (χ3v) is 3.68. The molecule has 4 heteroatoms. The van der Waals surface area contributed by atoms with E-state index < -0.39 is 12.0 Å². The SMILES string of the molecule is CC(C)[C@@H](NC(=O)C1CCc2ccccc21)C(=O)O. The minimum Gasteiger partial charge on any atom is -0.480 e. The van der Waals surface area contributed by atoms with Crippen LogP contribution < -0.4 is 5.32 Å². The molecule has 1 aliphatic rings. The van der Waals surface area contributed by atoms with Gasteiger partial charge in [0.05, 0.1) is 5.92 Å². The maximum absolute atomic E-state index is 12.3. The normalized spacial score (nSPS) is 19.0. The maximum Gasteiger partial charge on any atom is 0.326 e. The standard InChI is InChI=1S/C15H19NO3/c1-9(2)13(15(18)19)16-14(17)12-8-7-10-5-3-4-6-11(10)12/h3-6,9,12-13H,7-8H2,1-2H3,(H,16,17)(H,18,19)/t12?,13-/m1/s1. The van der Waals surface area contributed by atoms with Crippen molar-refractivity contribution in [2.24, 2.45) is 5.92 Å². The lowest BCUT2D eigenvalue weighted by Gasteiger charge is -2.20. The number of carbonyl (C=O) groups is 2. The van der Waals surface area contributed by atoms with Gasteiger partial charge >= 0.3 is 5.97 Å². The average Bonchev–Trinajstić information content (AvgIpc) is 2.78. The van der Waals surface area contributed by atoms with Gasteiger partial charge in [-0.05, 0) is 29.9 Å². The molecule has 4 nitrogen and oxygen atoms in total. The monoisotopic (exact) mass is 261 g/mol. The Labute approximate surface area is 112 Å². The molecule has 0 aliphatic heterocycles. The summed E-state index contributed by atoms with van der Waals surface area (Å²) in [5.74, 6) is -1.49. The second kappa shape index (κ2) is 5.43. The van der Waals surface area contributed by atoms with Crippen LogP contribution in [0.15, 0.2) is 24.3 Å². The van der Waals surface area contributed by atoms with Gasteiger partial charge in [0, 0.05) is 0 Å². The first-order chi connectivity index (χ1) is 9.00. The van der Waals surface area contributed by atoms with E-state index in [-0.39, 0.29) is 17.7 Å². The van der Waals surface area contributed by atoms with Crippen LogP contribution in [0, 0.1) is 5.92 Å². The summed E-state index contributed by atoms with van der Waals surface area (Å²) in [5.41, 5.74) is 2.23. The van der Waals surface area contributed by atoms with Gasteiger partial charge in [-0.3, -0.25) is 4.79 Å². The lowest BCUT2D eigenvalue weighted by atomic mass is 9.98. The van der Waals surface area contributed by atoms with Gasteiger partial charge in [-0.1, -0.05) is 38.1 Å². The molecule has 0 spiro atoms. The van der Waals surface area contributed by atoms with Gasteiger partial charge < -0.3 is 10.4 Å². The number of hydrogen-bond acceptors (Lipinski definition) is 2. The van der Waals surface area contributed by atoms with Crippen LogP contribution >= 0.6 is 0 Å². The Morgan fingerprint density at radius 3 is 2.63 bits per heavy atom. The molecule has 0 aromatic heterocycles. The third-order valence-electron chi connectivity index (χ3n) is 3.68. The highest BCUT2D eigenvalue weighted by atomic mass is 16.4. The smallest absolute Gasteiger partial charge is 0.326 e. The summed E-state index contributed by atoms with van der Waals surface area (Å²) in [5, 5.41) is 11.8. The number of fused-ring (bicyclic) bond motifs is 1. The molecule has 1 unspecified atom stereocenters. The van der Waals surface area contributed by atoms with Crippen molar-refractivity contribution in [1.82, 2.24) is 5.32 Å². The number of nitrogens with one attached hydrogen (secondary N) is 1. The van der Waals surface area contributed by atoms with Gasteiger partial charge in [0.2, 0.25) is 5.91 Å². The fourth-order valence-electron chi connectivity index (χ4n) is 2.60. The van der Waals surface area contributed by atoms with E-state index in [4.69, 9.17) is 5.11 Å². The average molecular weight is 261 g/mol. The molecule has 1 aromatic rings. The molecule has 0 saturated carbocycles. The molecule has 1 amide bonds. The minimum absolute atomic E-state index is 0.127. The van der Waals surface area contributed by atoms with Crippen LogP contribution in [-0.2, 0) is 16.0 Å². The lowest BCUT2D eigenvalue weighted by Crippen LogP contribution is -2.45. The van der Waals surface area contributed by atoms with E-state index >= 15 is 0 Å². The molecule has 19 heavy (non-hydrogen) atoms. The van der Waals surface area contributed by atoms with E-state index in [1.165, 1.54) is 5.56 Å². The summed E-state index contributed by atoms with van der Waals surface area (Å²) in [6, 6.07) is 7.05. The van der Waals surface area contributed by atoms with E-state index in [0.29, 0.717) is 0 Å². The summed E-state index contributed by atoms with van der Waals surface area (Å²) in [6.45, 7) is 3.59. The van der Waals surface area contributed by atoms with Crippen molar-refractivity contribution in [3.63, 3.8) is 0 Å². The van der Waals surface area contributed by atoms with Gasteiger partial charge in [0.15, 0.2) is 0 Å². The molecular weight excluding hydrogens is 242 g/mol. The number of benzene rings is 1. The Balaban J connectivity index is 2.12. The number of carboxylic acids is 1. The van der Waals surface area contributed by atoms with Crippen molar-refractivity contribution in [2.75, 3.05) is 0 Å². The number of hydrogen-bond donors (Lipinski definition) is 2. The maximum atomic E-state index is 12.3. The van der Waals surface area contributed by atoms with E-state index in [0.717, 1.165) is 18.4 Å². The van der Waals surface area contributed by atoms with E-state index in [1.807, 2.05) is 24.3 Å². The summed E-state index contributed by atoms with van der Waals surface area (Å²) >= 11 is 0. The molecule has 102 valence electrons. The van der Waals surface area contributed by atoms with Crippen LogP contribution in [0.1, 0.15) is 37.3 Å². The highest BCUT2D eigenvalue weighted by Crippen LogP contribution is 2.33. The van der Waals surface area contributed by atoms with Gasteiger partial charge in [0.1, 0.15) is 6.04 Å². The molecule has 2 atom stereocenters. The largest absolute Gasteiger partial charge is 0.480 e.